The normalized spacial score (nSPS) is 20.1. The molecule has 0 N–H and O–H groups in total. The second-order valence-corrected chi connectivity index (χ2v) is 8.07. The van der Waals surface area contributed by atoms with Gasteiger partial charge in [0.25, 0.3) is 0 Å². The minimum Gasteiger partial charge on any atom is -0.336 e. The van der Waals surface area contributed by atoms with Gasteiger partial charge < -0.3 is 9.47 Å². The van der Waals surface area contributed by atoms with E-state index in [1.54, 1.807) is 23.2 Å². The molecule has 1 saturated carbocycles. The Morgan fingerprint density at radius 2 is 1.89 bits per heavy atom. The summed E-state index contributed by atoms with van der Waals surface area (Å²) in [4.78, 5) is 34.5. The fourth-order valence-electron chi connectivity index (χ4n) is 4.49. The summed E-state index contributed by atoms with van der Waals surface area (Å²) < 4.78 is 1.94. The zero-order valence-corrected chi connectivity index (χ0v) is 16.7. The van der Waals surface area contributed by atoms with Crippen molar-refractivity contribution in [3.63, 3.8) is 0 Å². The number of nitrogens with zero attached hydrogens (tertiary/aromatic N) is 4. The van der Waals surface area contributed by atoms with Crippen molar-refractivity contribution in [2.45, 2.75) is 38.5 Å². The first-order valence-corrected chi connectivity index (χ1v) is 10.2. The van der Waals surface area contributed by atoms with Gasteiger partial charge in [-0.25, -0.2) is 4.98 Å². The lowest BCUT2D eigenvalue weighted by Gasteiger charge is -2.35. The second kappa shape index (κ2) is 7.78. The minimum absolute atomic E-state index is 0.107. The van der Waals surface area contributed by atoms with Crippen LogP contribution in [0.1, 0.15) is 37.8 Å². The van der Waals surface area contributed by atoms with Gasteiger partial charge in [-0.3, -0.25) is 14.5 Å². The molecule has 148 valence electrons. The molecule has 1 aromatic heterocycles. The molecule has 0 bridgehead atoms. The van der Waals surface area contributed by atoms with Gasteiger partial charge in [-0.05, 0) is 30.9 Å². The van der Waals surface area contributed by atoms with Crippen LogP contribution in [0.15, 0.2) is 36.7 Å². The number of imidazole rings is 1. The molecule has 4 rings (SSSR count). The highest BCUT2D eigenvalue weighted by atomic mass is 16.2. The highest BCUT2D eigenvalue weighted by Gasteiger charge is 2.41. The van der Waals surface area contributed by atoms with Crippen LogP contribution in [0.2, 0.25) is 0 Å². The van der Waals surface area contributed by atoms with Crippen LogP contribution in [0.4, 0.5) is 11.5 Å². The molecule has 28 heavy (non-hydrogen) atoms. The van der Waals surface area contributed by atoms with Crippen molar-refractivity contribution >= 4 is 23.3 Å². The SMILES string of the molecule is CN(C(=O)C1Cc2c(ncn2C)N(CC2CCCCC2)C1=O)c1ccccc1. The molecule has 0 saturated heterocycles. The van der Waals surface area contributed by atoms with Gasteiger partial charge in [0.2, 0.25) is 11.8 Å². The average Bonchev–Trinajstić information content (AvgIpc) is 3.10. The van der Waals surface area contributed by atoms with Crippen LogP contribution in [-0.4, -0.2) is 35.0 Å². The molecule has 1 aliphatic heterocycles. The first kappa shape index (κ1) is 18.7. The van der Waals surface area contributed by atoms with Gasteiger partial charge in [-0.15, -0.1) is 0 Å². The van der Waals surface area contributed by atoms with Crippen molar-refractivity contribution in [1.29, 1.82) is 0 Å². The molecule has 2 aliphatic rings. The number of rotatable bonds is 4. The number of carbonyl (C=O) groups excluding carboxylic acids is 2. The van der Waals surface area contributed by atoms with Crippen molar-refractivity contribution in [1.82, 2.24) is 9.55 Å². The van der Waals surface area contributed by atoms with Crippen LogP contribution in [-0.2, 0) is 23.1 Å². The highest BCUT2D eigenvalue weighted by Crippen LogP contribution is 2.33. The lowest BCUT2D eigenvalue weighted by molar-refractivity contribution is -0.132. The summed E-state index contributed by atoms with van der Waals surface area (Å²) in [6.45, 7) is 0.668. The van der Waals surface area contributed by atoms with E-state index in [9.17, 15) is 9.59 Å². The van der Waals surface area contributed by atoms with E-state index >= 15 is 0 Å². The molecule has 1 fully saturated rings. The van der Waals surface area contributed by atoms with Crippen LogP contribution < -0.4 is 9.80 Å². The largest absolute Gasteiger partial charge is 0.336 e. The molecular formula is C22H28N4O2. The van der Waals surface area contributed by atoms with Gasteiger partial charge in [0, 0.05) is 32.7 Å². The van der Waals surface area contributed by atoms with E-state index in [1.165, 1.54) is 19.3 Å². The third-order valence-electron chi connectivity index (χ3n) is 6.19. The molecule has 0 radical (unpaired) electrons. The number of fused-ring (bicyclic) bond motifs is 1. The van der Waals surface area contributed by atoms with Gasteiger partial charge in [0.1, 0.15) is 5.92 Å². The van der Waals surface area contributed by atoms with Crippen molar-refractivity contribution in [3.05, 3.63) is 42.4 Å². The number of benzene rings is 1. The molecule has 6 nitrogen and oxygen atoms in total. The molecule has 1 aromatic carbocycles. The van der Waals surface area contributed by atoms with Gasteiger partial charge in [0.15, 0.2) is 5.82 Å². The maximum absolute atomic E-state index is 13.4. The van der Waals surface area contributed by atoms with E-state index in [0.29, 0.717) is 18.9 Å². The monoisotopic (exact) mass is 380 g/mol. The van der Waals surface area contributed by atoms with Crippen molar-refractivity contribution in [2.75, 3.05) is 23.4 Å². The summed E-state index contributed by atoms with van der Waals surface area (Å²) in [5.74, 6) is 0.274. The Kier molecular flexibility index (Phi) is 5.20. The van der Waals surface area contributed by atoms with Gasteiger partial charge >= 0.3 is 0 Å². The Balaban J connectivity index is 1.61. The topological polar surface area (TPSA) is 58.4 Å². The molecule has 2 heterocycles. The van der Waals surface area contributed by atoms with Gasteiger partial charge in [-0.2, -0.15) is 0 Å². The summed E-state index contributed by atoms with van der Waals surface area (Å²) in [7, 11) is 3.68. The summed E-state index contributed by atoms with van der Waals surface area (Å²) >= 11 is 0. The van der Waals surface area contributed by atoms with E-state index in [4.69, 9.17) is 0 Å². The number of amides is 2. The minimum atomic E-state index is -0.698. The molecule has 6 heteroatoms. The maximum atomic E-state index is 13.4. The molecular weight excluding hydrogens is 352 g/mol. The number of anilines is 2. The number of hydrogen-bond acceptors (Lipinski definition) is 3. The fraction of sp³-hybridized carbons (Fsp3) is 0.500. The van der Waals surface area contributed by atoms with Crippen LogP contribution in [0.3, 0.4) is 0 Å². The average molecular weight is 380 g/mol. The molecule has 2 aromatic rings. The summed E-state index contributed by atoms with van der Waals surface area (Å²) in [6.07, 6.45) is 8.17. The number of carbonyl (C=O) groups is 2. The zero-order chi connectivity index (χ0) is 19.7. The summed E-state index contributed by atoms with van der Waals surface area (Å²) in [5.41, 5.74) is 1.77. The maximum Gasteiger partial charge on any atom is 0.241 e. The van der Waals surface area contributed by atoms with E-state index in [-0.39, 0.29) is 11.8 Å². The van der Waals surface area contributed by atoms with Crippen molar-refractivity contribution in [3.8, 4) is 0 Å². The zero-order valence-electron chi connectivity index (χ0n) is 16.7. The Morgan fingerprint density at radius 1 is 1.18 bits per heavy atom. The van der Waals surface area contributed by atoms with Crippen LogP contribution in [0.5, 0.6) is 0 Å². The van der Waals surface area contributed by atoms with Crippen molar-refractivity contribution in [2.24, 2.45) is 18.9 Å². The highest BCUT2D eigenvalue weighted by molar-refractivity contribution is 6.13. The first-order chi connectivity index (χ1) is 13.6. The van der Waals surface area contributed by atoms with Crippen LogP contribution >= 0.6 is 0 Å². The van der Waals surface area contributed by atoms with E-state index in [2.05, 4.69) is 4.98 Å². The smallest absolute Gasteiger partial charge is 0.241 e. The first-order valence-electron chi connectivity index (χ1n) is 10.2. The van der Waals surface area contributed by atoms with Crippen molar-refractivity contribution < 1.29 is 9.59 Å². The number of hydrogen-bond donors (Lipinski definition) is 0. The third-order valence-corrected chi connectivity index (χ3v) is 6.19. The number of para-hydroxylation sites is 1. The standard InChI is InChI=1S/C22H28N4O2/c1-24-15-23-20-19(24)13-18(21(27)25(2)17-11-7-4-8-12-17)22(28)26(20)14-16-9-5-3-6-10-16/h4,7-8,11-12,15-16,18H,3,5-6,9-10,13-14H2,1-2H3. The molecule has 2 amide bonds. The Hall–Kier alpha value is -2.63. The molecule has 0 spiro atoms. The number of aromatic nitrogens is 2. The fourth-order valence-corrected chi connectivity index (χ4v) is 4.49. The summed E-state index contributed by atoms with van der Waals surface area (Å²) in [5, 5.41) is 0. The van der Waals surface area contributed by atoms with E-state index < -0.39 is 5.92 Å². The summed E-state index contributed by atoms with van der Waals surface area (Å²) in [6, 6.07) is 9.50. The predicted molar refractivity (Wildman–Crippen MR) is 109 cm³/mol. The second-order valence-electron chi connectivity index (χ2n) is 8.07. The molecule has 1 atom stereocenters. The van der Waals surface area contributed by atoms with E-state index in [0.717, 1.165) is 30.0 Å². The Morgan fingerprint density at radius 3 is 2.61 bits per heavy atom. The third kappa shape index (κ3) is 3.43. The molecule has 1 aliphatic carbocycles. The van der Waals surface area contributed by atoms with Gasteiger partial charge in [0.05, 0.1) is 12.0 Å². The lowest BCUT2D eigenvalue weighted by Crippen LogP contribution is -2.50. The molecule has 1 unspecified atom stereocenters. The van der Waals surface area contributed by atoms with Crippen LogP contribution in [0, 0.1) is 11.8 Å². The van der Waals surface area contributed by atoms with E-state index in [1.807, 2.05) is 41.9 Å². The van der Waals surface area contributed by atoms with Gasteiger partial charge in [-0.1, -0.05) is 37.5 Å². The quantitative estimate of drug-likeness (QED) is 0.766. The van der Waals surface area contributed by atoms with Crippen LogP contribution in [0.25, 0.3) is 0 Å². The number of aryl methyl sites for hydroxylation is 1. The Labute approximate surface area is 166 Å². The predicted octanol–water partition coefficient (Wildman–Crippen LogP) is 3.17. The lowest BCUT2D eigenvalue weighted by atomic mass is 9.87. The Bertz CT molecular complexity index is 855.